The number of methoxy groups -OCH3 is 1. The summed E-state index contributed by atoms with van der Waals surface area (Å²) >= 11 is 1.48. The Bertz CT molecular complexity index is 2180. The van der Waals surface area contributed by atoms with Crippen molar-refractivity contribution in [3.63, 3.8) is 0 Å². The van der Waals surface area contributed by atoms with Crippen LogP contribution in [0.25, 0.3) is 21.6 Å². The number of pyridine rings is 1. The lowest BCUT2D eigenvalue weighted by molar-refractivity contribution is -0.147. The van der Waals surface area contributed by atoms with E-state index in [1.165, 1.54) is 16.2 Å². The third-order valence-corrected chi connectivity index (χ3v) is 14.4. The summed E-state index contributed by atoms with van der Waals surface area (Å²) in [5, 5.41) is 12.6. The molecule has 0 bridgehead atoms. The molecule has 56 heavy (non-hydrogen) atoms. The fraction of sp³-hybridized carbons (Fsp3) is 0.561. The molecule has 4 heterocycles. The summed E-state index contributed by atoms with van der Waals surface area (Å²) in [6.45, 7) is 6.08. The van der Waals surface area contributed by atoms with Gasteiger partial charge in [-0.05, 0) is 69.4 Å². The number of ketones is 1. The van der Waals surface area contributed by atoms with Crippen LogP contribution in [0.4, 0.5) is 0 Å². The number of carboxylic acid groups (broad SMARTS) is 1. The Balaban J connectivity index is 1.24. The van der Waals surface area contributed by atoms with E-state index in [-0.39, 0.29) is 43.4 Å². The molecule has 3 fully saturated rings. The molecule has 300 valence electrons. The zero-order valence-corrected chi connectivity index (χ0v) is 33.9. The van der Waals surface area contributed by atoms with Crippen LogP contribution in [0.3, 0.4) is 0 Å². The number of nitrogens with one attached hydrogen (secondary N) is 1. The normalized spacial score (nSPS) is 26.6. The number of carbonyl (C=O) groups is 4. The molecule has 2 N–H and O–H groups in total. The van der Waals surface area contributed by atoms with E-state index >= 15 is 0 Å². The van der Waals surface area contributed by atoms with Crippen LogP contribution in [0.1, 0.15) is 102 Å². The molecule has 2 aliphatic carbocycles. The Labute approximate surface area is 331 Å². The zero-order valence-electron chi connectivity index (χ0n) is 32.3. The second-order valence-electron chi connectivity index (χ2n) is 16.2. The van der Waals surface area contributed by atoms with Gasteiger partial charge in [-0.15, -0.1) is 11.3 Å². The fourth-order valence-corrected chi connectivity index (χ4v) is 10.5. The average Bonchev–Trinajstić information content (AvgIpc) is 4.03. The number of sulfonamides is 1. The Morgan fingerprint density at radius 1 is 1.11 bits per heavy atom. The lowest BCUT2D eigenvalue weighted by Crippen LogP contribution is -2.46. The van der Waals surface area contributed by atoms with Gasteiger partial charge >= 0.3 is 5.97 Å². The number of hydrogen-bond acceptors (Lipinski definition) is 11. The molecule has 2 saturated carbocycles. The van der Waals surface area contributed by atoms with Gasteiger partial charge in [-0.25, -0.2) is 18.4 Å². The van der Waals surface area contributed by atoms with Gasteiger partial charge in [0.25, 0.3) is 0 Å². The summed E-state index contributed by atoms with van der Waals surface area (Å²) in [5.41, 5.74) is 1.73. The van der Waals surface area contributed by atoms with Crippen LogP contribution in [0.5, 0.6) is 11.5 Å². The number of rotatable bonds is 10. The number of fused-ring (bicyclic) bond motifs is 3. The van der Waals surface area contributed by atoms with E-state index in [9.17, 15) is 32.7 Å². The van der Waals surface area contributed by atoms with Gasteiger partial charge in [-0.1, -0.05) is 38.8 Å². The maximum Gasteiger partial charge on any atom is 0.304 e. The summed E-state index contributed by atoms with van der Waals surface area (Å²) in [6, 6.07) is 4.51. The SMILES string of the molecule is COc1ccc2c(O[C@@H]3C[C@H]4C(=O)C[C@]5(C(=O)NS(=O)(=O)C6CC6)C[C@H]5/C=C\CCCCC[C@H](CC(=O)O)C(=O)N4C3)cc(-c3nc(C(C)C)cs3)nc2c1C. The van der Waals surface area contributed by atoms with Gasteiger partial charge < -0.3 is 19.5 Å². The van der Waals surface area contributed by atoms with Crippen molar-refractivity contribution in [1.29, 1.82) is 0 Å². The molecule has 3 aromatic rings. The Morgan fingerprint density at radius 3 is 2.59 bits per heavy atom. The van der Waals surface area contributed by atoms with Crippen LogP contribution in [0.15, 0.2) is 35.7 Å². The van der Waals surface area contributed by atoms with Crippen LogP contribution in [0.2, 0.25) is 0 Å². The zero-order chi connectivity index (χ0) is 39.9. The van der Waals surface area contributed by atoms with Crippen molar-refractivity contribution in [3.8, 4) is 22.2 Å². The van der Waals surface area contributed by atoms with E-state index in [2.05, 4.69) is 18.6 Å². The first-order valence-corrected chi connectivity index (χ1v) is 22.0. The van der Waals surface area contributed by atoms with E-state index in [4.69, 9.17) is 19.4 Å². The molecule has 13 nitrogen and oxygen atoms in total. The number of hydrogen-bond donors (Lipinski definition) is 2. The van der Waals surface area contributed by atoms with Crippen molar-refractivity contribution >= 4 is 55.8 Å². The van der Waals surface area contributed by atoms with Crippen LogP contribution in [-0.4, -0.2) is 83.0 Å². The van der Waals surface area contributed by atoms with Crippen molar-refractivity contribution in [2.75, 3.05) is 13.7 Å². The van der Waals surface area contributed by atoms with E-state index in [0.29, 0.717) is 71.6 Å². The molecule has 4 aliphatic rings. The molecule has 1 saturated heterocycles. The number of nitrogens with zero attached hydrogens (tertiary/aromatic N) is 3. The van der Waals surface area contributed by atoms with Crippen molar-refractivity contribution in [2.45, 2.75) is 115 Å². The average molecular weight is 807 g/mol. The molecule has 2 amide bonds. The van der Waals surface area contributed by atoms with Crippen LogP contribution < -0.4 is 14.2 Å². The molecule has 0 unspecified atom stereocenters. The lowest BCUT2D eigenvalue weighted by atomic mass is 9.90. The summed E-state index contributed by atoms with van der Waals surface area (Å²) < 4.78 is 40.4. The van der Waals surface area contributed by atoms with Crippen LogP contribution in [0, 0.1) is 24.2 Å². The summed E-state index contributed by atoms with van der Waals surface area (Å²) in [7, 11) is -2.27. The number of amides is 2. The number of aliphatic carboxylic acids is 1. The minimum atomic E-state index is -3.86. The molecule has 7 rings (SSSR count). The smallest absolute Gasteiger partial charge is 0.304 e. The maximum atomic E-state index is 14.5. The number of allylic oxidation sites excluding steroid dienone is 2. The number of aryl methyl sites for hydroxylation is 1. The first-order valence-electron chi connectivity index (χ1n) is 19.6. The molecule has 0 radical (unpaired) electrons. The second-order valence-corrected chi connectivity index (χ2v) is 19.0. The van der Waals surface area contributed by atoms with Crippen LogP contribution >= 0.6 is 11.3 Å². The Kier molecular flexibility index (Phi) is 11.3. The first kappa shape index (κ1) is 39.8. The van der Waals surface area contributed by atoms with Gasteiger partial charge in [0.1, 0.15) is 28.3 Å². The van der Waals surface area contributed by atoms with Crippen molar-refractivity contribution < 1.29 is 42.2 Å². The summed E-state index contributed by atoms with van der Waals surface area (Å²) in [6.07, 6.45) is 7.27. The fourth-order valence-electron chi connectivity index (χ4n) is 8.19. The molecule has 5 atom stereocenters. The van der Waals surface area contributed by atoms with E-state index in [1.54, 1.807) is 7.11 Å². The molecule has 2 aromatic heterocycles. The summed E-state index contributed by atoms with van der Waals surface area (Å²) in [5.74, 6) is -2.42. The van der Waals surface area contributed by atoms with Gasteiger partial charge in [0, 0.05) is 41.2 Å². The van der Waals surface area contributed by atoms with Gasteiger partial charge in [0.05, 0.1) is 48.0 Å². The third-order valence-electron chi connectivity index (χ3n) is 11.7. The maximum absolute atomic E-state index is 14.5. The second kappa shape index (κ2) is 15.9. The van der Waals surface area contributed by atoms with Crippen molar-refractivity contribution in [2.24, 2.45) is 17.3 Å². The Morgan fingerprint density at radius 2 is 1.89 bits per heavy atom. The van der Waals surface area contributed by atoms with Gasteiger partial charge in [-0.3, -0.25) is 23.9 Å². The minimum Gasteiger partial charge on any atom is -0.496 e. The quantitative estimate of drug-likeness (QED) is 0.219. The van der Waals surface area contributed by atoms with E-state index in [1.807, 2.05) is 42.7 Å². The topological polar surface area (TPSA) is 182 Å². The number of carbonyl (C=O) groups excluding carboxylic acids is 3. The molecule has 1 aromatic carbocycles. The predicted molar refractivity (Wildman–Crippen MR) is 211 cm³/mol. The molecule has 2 aliphatic heterocycles. The molecule has 0 spiro atoms. The summed E-state index contributed by atoms with van der Waals surface area (Å²) in [4.78, 5) is 66.0. The van der Waals surface area contributed by atoms with Crippen molar-refractivity contribution in [1.82, 2.24) is 19.6 Å². The molecule has 15 heteroatoms. The predicted octanol–water partition coefficient (Wildman–Crippen LogP) is 6.33. The Hall–Kier alpha value is -4.37. The molecular weight excluding hydrogens is 757 g/mol. The molecular formula is C41H50N4O9S2. The minimum absolute atomic E-state index is 0.0208. The standard InChI is InChI=1S/C41H50N4O9S2/c1-23(2)31-22-55-38(43-31)30-18-35(29-14-15-34(53-4)24(3)37(29)42-30)54-27-17-32-33(46)20-41(40(50)44-56(51,52)28-12-13-28)19-26(41)11-9-7-5-6-8-10-25(16-36(47)48)39(49)45(32)21-27/h9,11,14-15,18,22-23,25-28,32H,5-8,10,12-13,16-17,19-21H2,1-4H3,(H,44,50)(H,47,48)/b11-9-/t25-,26-,27-,32+,41-/m1/s1. The van der Waals surface area contributed by atoms with E-state index in [0.717, 1.165) is 24.1 Å². The highest BCUT2D eigenvalue weighted by molar-refractivity contribution is 7.90. The van der Waals surface area contributed by atoms with Crippen LogP contribution in [-0.2, 0) is 29.2 Å². The van der Waals surface area contributed by atoms with Gasteiger partial charge in [0.2, 0.25) is 21.8 Å². The number of Topliss-reactive ketones (excluding diaryl/α,β-unsaturated/α-hetero) is 1. The largest absolute Gasteiger partial charge is 0.496 e. The highest BCUT2D eigenvalue weighted by atomic mass is 32.2. The number of thiazole rings is 1. The van der Waals surface area contributed by atoms with Crippen molar-refractivity contribution in [3.05, 3.63) is 47.0 Å². The highest BCUT2D eigenvalue weighted by Gasteiger charge is 2.61. The lowest BCUT2D eigenvalue weighted by Gasteiger charge is -2.28. The number of ether oxygens (including phenoxy) is 2. The van der Waals surface area contributed by atoms with Gasteiger partial charge in [0.15, 0.2) is 5.78 Å². The monoisotopic (exact) mass is 806 g/mol. The highest BCUT2D eigenvalue weighted by Crippen LogP contribution is 2.57. The number of carboxylic acids is 1. The number of aromatic nitrogens is 2. The van der Waals surface area contributed by atoms with E-state index < -0.39 is 56.5 Å². The van der Waals surface area contributed by atoms with Gasteiger partial charge in [-0.2, -0.15) is 0 Å². The number of benzene rings is 1. The third kappa shape index (κ3) is 8.20. The first-order chi connectivity index (χ1) is 26.7.